The average molecular weight is 290 g/mol. The summed E-state index contributed by atoms with van der Waals surface area (Å²) in [6.07, 6.45) is -1.64. The Morgan fingerprint density at radius 2 is 2.05 bits per heavy atom. The number of hydrazine groups is 1. The fourth-order valence-electron chi connectivity index (χ4n) is 1.05. The summed E-state index contributed by atoms with van der Waals surface area (Å²) in [5, 5.41) is 18.8. The molecule has 0 fully saturated rings. The molecule has 116 valence electrons. The second-order valence-corrected chi connectivity index (χ2v) is 4.93. The van der Waals surface area contributed by atoms with Crippen molar-refractivity contribution in [2.45, 2.75) is 32.5 Å². The Labute approximate surface area is 117 Å². The second-order valence-electron chi connectivity index (χ2n) is 4.93. The van der Waals surface area contributed by atoms with Crippen LogP contribution < -0.4 is 5.43 Å². The molecule has 20 heavy (non-hydrogen) atoms. The van der Waals surface area contributed by atoms with E-state index in [1.807, 2.05) is 0 Å². The van der Waals surface area contributed by atoms with Crippen molar-refractivity contribution in [2.75, 3.05) is 19.8 Å². The van der Waals surface area contributed by atoms with Crippen molar-refractivity contribution < 1.29 is 29.3 Å². The minimum atomic E-state index is -1.22. The van der Waals surface area contributed by atoms with Crippen molar-refractivity contribution >= 4 is 12.2 Å². The van der Waals surface area contributed by atoms with E-state index < -0.39 is 30.5 Å². The smallest absolute Gasteiger partial charge is 0.429 e. The van der Waals surface area contributed by atoms with Crippen LogP contribution in [-0.4, -0.2) is 58.9 Å². The van der Waals surface area contributed by atoms with Crippen molar-refractivity contribution in [2.24, 2.45) is 0 Å². The molecule has 8 nitrogen and oxygen atoms in total. The summed E-state index contributed by atoms with van der Waals surface area (Å²) in [5.74, 6) is 0. The van der Waals surface area contributed by atoms with Gasteiger partial charge >= 0.3 is 12.2 Å². The van der Waals surface area contributed by atoms with Gasteiger partial charge < -0.3 is 19.7 Å². The highest BCUT2D eigenvalue weighted by Crippen LogP contribution is 2.07. The van der Waals surface area contributed by atoms with Crippen LogP contribution in [0, 0.1) is 0 Å². The molecule has 0 radical (unpaired) electrons. The lowest BCUT2D eigenvalue weighted by atomic mass is 10.2. The Morgan fingerprint density at radius 3 is 2.50 bits per heavy atom. The summed E-state index contributed by atoms with van der Waals surface area (Å²) < 4.78 is 9.71. The molecule has 0 unspecified atom stereocenters. The molecule has 0 aliphatic heterocycles. The maximum atomic E-state index is 11.6. The lowest BCUT2D eigenvalue weighted by molar-refractivity contribution is 0.0105. The van der Waals surface area contributed by atoms with Gasteiger partial charge in [0.05, 0.1) is 19.3 Å². The van der Waals surface area contributed by atoms with Crippen LogP contribution in [0.1, 0.15) is 20.8 Å². The number of aliphatic hydroxyl groups excluding tert-OH is 2. The van der Waals surface area contributed by atoms with Crippen molar-refractivity contribution in [1.82, 2.24) is 10.4 Å². The summed E-state index contributed by atoms with van der Waals surface area (Å²) in [6, 6.07) is 0. The van der Waals surface area contributed by atoms with Crippen LogP contribution in [-0.2, 0) is 9.47 Å². The van der Waals surface area contributed by atoms with Crippen LogP contribution in [0.2, 0.25) is 0 Å². The molecule has 0 aromatic heterocycles. The minimum absolute atomic E-state index is 0.0550. The molecule has 0 rings (SSSR count). The molecule has 0 spiro atoms. The number of ether oxygens (including phenoxy) is 2. The Bertz CT molecular complexity index is 339. The van der Waals surface area contributed by atoms with E-state index in [0.29, 0.717) is 0 Å². The van der Waals surface area contributed by atoms with E-state index in [2.05, 4.69) is 12.0 Å². The number of aliphatic hydroxyl groups is 2. The molecule has 8 heteroatoms. The van der Waals surface area contributed by atoms with Gasteiger partial charge in [-0.3, -0.25) is 0 Å². The highest BCUT2D eigenvalue weighted by Gasteiger charge is 2.24. The molecule has 0 heterocycles. The fraction of sp³-hybridized carbons (Fsp3) is 0.667. The normalized spacial score (nSPS) is 12.2. The molecule has 0 aromatic carbocycles. The van der Waals surface area contributed by atoms with Gasteiger partial charge in [0, 0.05) is 0 Å². The maximum absolute atomic E-state index is 11.6. The number of nitrogens with zero attached hydrogens (tertiary/aromatic N) is 1. The van der Waals surface area contributed by atoms with Gasteiger partial charge in [0.2, 0.25) is 0 Å². The first kappa shape index (κ1) is 18.2. The van der Waals surface area contributed by atoms with E-state index in [1.165, 1.54) is 6.08 Å². The Balaban J connectivity index is 4.63. The molecular formula is C12H22N2O6. The topological polar surface area (TPSA) is 108 Å². The summed E-state index contributed by atoms with van der Waals surface area (Å²) in [6.45, 7) is 7.40. The predicted octanol–water partition coefficient (Wildman–Crippen LogP) is 0.404. The number of amides is 2. The third-order valence-corrected chi connectivity index (χ3v) is 1.77. The zero-order chi connectivity index (χ0) is 15.8. The van der Waals surface area contributed by atoms with Gasteiger partial charge in [-0.05, 0) is 20.8 Å². The number of hydrogen-bond donors (Lipinski definition) is 3. The van der Waals surface area contributed by atoms with Crippen LogP contribution in [0.15, 0.2) is 12.7 Å². The van der Waals surface area contributed by atoms with Crippen molar-refractivity contribution in [3.63, 3.8) is 0 Å². The molecule has 2 amide bonds. The first-order valence-corrected chi connectivity index (χ1v) is 6.03. The number of rotatable bonds is 5. The molecule has 0 aromatic rings. The number of carbonyl (C=O) groups excluding carboxylic acids is 2. The fourth-order valence-corrected chi connectivity index (χ4v) is 1.05. The zero-order valence-electron chi connectivity index (χ0n) is 12.0. The Morgan fingerprint density at radius 1 is 1.45 bits per heavy atom. The highest BCUT2D eigenvalue weighted by atomic mass is 16.6. The van der Waals surface area contributed by atoms with Crippen molar-refractivity contribution in [1.29, 1.82) is 0 Å². The second kappa shape index (κ2) is 8.39. The Hall–Kier alpha value is -1.80. The largest absolute Gasteiger partial charge is 0.444 e. The Kier molecular flexibility index (Phi) is 7.63. The standard InChI is InChI=1S/C12H22N2O6/c1-5-6-19-11(18)14(7-9(16)8-15)13-10(17)20-12(2,3)4/h5,9,15-16H,1,6-8H2,2-4H3,(H,13,17)/t9-/m0/s1. The van der Waals surface area contributed by atoms with E-state index in [4.69, 9.17) is 14.6 Å². The number of carbonyl (C=O) groups is 2. The molecule has 0 aliphatic rings. The van der Waals surface area contributed by atoms with E-state index in [9.17, 15) is 14.7 Å². The van der Waals surface area contributed by atoms with Gasteiger partial charge in [0.1, 0.15) is 12.2 Å². The summed E-state index contributed by atoms with van der Waals surface area (Å²) in [4.78, 5) is 23.2. The van der Waals surface area contributed by atoms with Gasteiger partial charge in [-0.25, -0.2) is 20.0 Å². The third kappa shape index (κ3) is 8.33. The van der Waals surface area contributed by atoms with E-state index in [0.717, 1.165) is 5.01 Å². The van der Waals surface area contributed by atoms with E-state index in [-0.39, 0.29) is 13.2 Å². The van der Waals surface area contributed by atoms with Gasteiger partial charge in [-0.1, -0.05) is 12.7 Å². The van der Waals surface area contributed by atoms with Crippen molar-refractivity contribution in [3.8, 4) is 0 Å². The van der Waals surface area contributed by atoms with E-state index in [1.54, 1.807) is 20.8 Å². The molecule has 0 saturated carbocycles. The molecule has 0 bridgehead atoms. The molecule has 3 N–H and O–H groups in total. The van der Waals surface area contributed by atoms with Crippen molar-refractivity contribution in [3.05, 3.63) is 12.7 Å². The van der Waals surface area contributed by atoms with Crippen LogP contribution in [0.4, 0.5) is 9.59 Å². The molecule has 0 saturated heterocycles. The number of hydrogen-bond acceptors (Lipinski definition) is 6. The summed E-state index contributed by atoms with van der Waals surface area (Å²) >= 11 is 0. The van der Waals surface area contributed by atoms with Crippen LogP contribution in [0.5, 0.6) is 0 Å². The lowest BCUT2D eigenvalue weighted by Gasteiger charge is -2.26. The summed E-state index contributed by atoms with van der Waals surface area (Å²) in [7, 11) is 0. The molecular weight excluding hydrogens is 268 g/mol. The lowest BCUT2D eigenvalue weighted by Crippen LogP contribution is -2.51. The van der Waals surface area contributed by atoms with Gasteiger partial charge in [-0.2, -0.15) is 0 Å². The quantitative estimate of drug-likeness (QED) is 0.500. The predicted molar refractivity (Wildman–Crippen MR) is 70.7 cm³/mol. The minimum Gasteiger partial charge on any atom is -0.444 e. The monoisotopic (exact) mass is 290 g/mol. The molecule has 0 aliphatic carbocycles. The first-order chi connectivity index (χ1) is 9.19. The summed E-state index contributed by atoms with van der Waals surface area (Å²) in [5.41, 5.74) is 1.40. The van der Waals surface area contributed by atoms with Gasteiger partial charge in [-0.15, -0.1) is 0 Å². The zero-order valence-corrected chi connectivity index (χ0v) is 12.0. The number of nitrogens with one attached hydrogen (secondary N) is 1. The maximum Gasteiger partial charge on any atom is 0.429 e. The first-order valence-electron chi connectivity index (χ1n) is 6.03. The molecule has 1 atom stereocenters. The van der Waals surface area contributed by atoms with E-state index >= 15 is 0 Å². The average Bonchev–Trinajstić information content (AvgIpc) is 2.32. The highest BCUT2D eigenvalue weighted by molar-refractivity contribution is 5.74. The third-order valence-electron chi connectivity index (χ3n) is 1.77. The van der Waals surface area contributed by atoms with Crippen LogP contribution >= 0.6 is 0 Å². The van der Waals surface area contributed by atoms with Crippen LogP contribution in [0.3, 0.4) is 0 Å². The van der Waals surface area contributed by atoms with Crippen LogP contribution in [0.25, 0.3) is 0 Å². The van der Waals surface area contributed by atoms with Gasteiger partial charge in [0.25, 0.3) is 0 Å². The van der Waals surface area contributed by atoms with Gasteiger partial charge in [0.15, 0.2) is 0 Å². The SMILES string of the molecule is C=CCOC(=O)N(C[C@H](O)CO)NC(=O)OC(C)(C)C.